The molecule has 23 heavy (non-hydrogen) atoms. The van der Waals surface area contributed by atoms with Crippen LogP contribution in [0.4, 0.5) is 5.82 Å². The van der Waals surface area contributed by atoms with Crippen LogP contribution in [0.2, 0.25) is 4.34 Å². The number of nitrogens with zero attached hydrogens (tertiary/aromatic N) is 2. The molecule has 0 aromatic carbocycles. The molecule has 2 aromatic heterocycles. The Hall–Kier alpha value is -1.15. The van der Waals surface area contributed by atoms with E-state index in [-0.39, 0.29) is 10.8 Å². The summed E-state index contributed by atoms with van der Waals surface area (Å²) in [6.07, 6.45) is 5.35. The maximum atomic E-state index is 12.2. The van der Waals surface area contributed by atoms with Crippen molar-refractivity contribution < 1.29 is 8.42 Å². The number of anilines is 1. The topological polar surface area (TPSA) is 62.3 Å². The van der Waals surface area contributed by atoms with Crippen molar-refractivity contribution in [1.29, 1.82) is 0 Å². The molecule has 3 heterocycles. The Labute approximate surface area is 145 Å². The minimum Gasteiger partial charge on any atom is -0.357 e. The molecule has 0 bridgehead atoms. The molecule has 8 heteroatoms. The molecule has 0 spiro atoms. The summed E-state index contributed by atoms with van der Waals surface area (Å²) in [5, 5.41) is 0. The van der Waals surface area contributed by atoms with Crippen LogP contribution < -0.4 is 9.62 Å². The third-order valence-corrected chi connectivity index (χ3v) is 6.89. The lowest BCUT2D eigenvalue weighted by atomic mass is 10.1. The average molecular weight is 372 g/mol. The van der Waals surface area contributed by atoms with Crippen molar-refractivity contribution in [3.8, 4) is 0 Å². The molecule has 0 atom stereocenters. The fourth-order valence-electron chi connectivity index (χ4n) is 2.56. The van der Waals surface area contributed by atoms with E-state index in [1.165, 1.54) is 25.3 Å². The second-order valence-electron chi connectivity index (χ2n) is 5.45. The zero-order valence-electron chi connectivity index (χ0n) is 12.5. The summed E-state index contributed by atoms with van der Waals surface area (Å²) < 4.78 is 27.7. The minimum absolute atomic E-state index is 0.229. The highest BCUT2D eigenvalue weighted by atomic mass is 35.5. The van der Waals surface area contributed by atoms with Gasteiger partial charge in [-0.1, -0.05) is 11.6 Å². The van der Waals surface area contributed by atoms with Gasteiger partial charge in [0.25, 0.3) is 0 Å². The van der Waals surface area contributed by atoms with Gasteiger partial charge < -0.3 is 4.90 Å². The SMILES string of the molecule is O=S(=O)(NCc1ccnc(N2CCCCC2)c1)c1ccc(Cl)s1. The van der Waals surface area contributed by atoms with Crippen molar-refractivity contribution in [2.24, 2.45) is 0 Å². The molecule has 1 N–H and O–H groups in total. The Balaban J connectivity index is 1.68. The van der Waals surface area contributed by atoms with Gasteiger partial charge in [0.2, 0.25) is 10.0 Å². The van der Waals surface area contributed by atoms with E-state index in [0.29, 0.717) is 4.34 Å². The molecule has 3 rings (SSSR count). The van der Waals surface area contributed by atoms with Crippen LogP contribution in [0.15, 0.2) is 34.7 Å². The van der Waals surface area contributed by atoms with Gasteiger partial charge in [0.1, 0.15) is 10.0 Å². The lowest BCUT2D eigenvalue weighted by Gasteiger charge is -2.27. The van der Waals surface area contributed by atoms with Crippen LogP contribution in [0.5, 0.6) is 0 Å². The van der Waals surface area contributed by atoms with Gasteiger partial charge in [0.05, 0.1) is 4.34 Å². The second kappa shape index (κ2) is 7.17. The highest BCUT2D eigenvalue weighted by Gasteiger charge is 2.17. The number of rotatable bonds is 5. The van der Waals surface area contributed by atoms with Gasteiger partial charge in [-0.3, -0.25) is 0 Å². The maximum absolute atomic E-state index is 12.2. The van der Waals surface area contributed by atoms with E-state index >= 15 is 0 Å². The molecule has 1 aliphatic rings. The number of nitrogens with one attached hydrogen (secondary N) is 1. The lowest BCUT2D eigenvalue weighted by Crippen LogP contribution is -2.30. The first-order valence-electron chi connectivity index (χ1n) is 7.49. The molecule has 0 amide bonds. The Morgan fingerprint density at radius 2 is 2.00 bits per heavy atom. The molecule has 1 fully saturated rings. The summed E-state index contributed by atoms with van der Waals surface area (Å²) >= 11 is 6.85. The smallest absolute Gasteiger partial charge is 0.250 e. The molecule has 1 saturated heterocycles. The van der Waals surface area contributed by atoms with Gasteiger partial charge in [0, 0.05) is 25.8 Å². The summed E-state index contributed by atoms with van der Waals surface area (Å²) in [6.45, 7) is 2.26. The van der Waals surface area contributed by atoms with Crippen LogP contribution in [0.3, 0.4) is 0 Å². The first-order chi connectivity index (χ1) is 11.0. The molecular formula is C15H18ClN3O2S2. The highest BCUT2D eigenvalue weighted by Crippen LogP contribution is 2.25. The quantitative estimate of drug-likeness (QED) is 0.876. The van der Waals surface area contributed by atoms with E-state index < -0.39 is 10.0 Å². The summed E-state index contributed by atoms with van der Waals surface area (Å²) in [6, 6.07) is 6.88. The van der Waals surface area contributed by atoms with Crippen LogP contribution >= 0.6 is 22.9 Å². The summed E-state index contributed by atoms with van der Waals surface area (Å²) in [4.78, 5) is 6.65. The molecule has 124 valence electrons. The zero-order valence-corrected chi connectivity index (χ0v) is 14.9. The van der Waals surface area contributed by atoms with Crippen molar-refractivity contribution in [3.05, 3.63) is 40.4 Å². The summed E-state index contributed by atoms with van der Waals surface area (Å²) in [5.74, 6) is 0.917. The second-order valence-corrected chi connectivity index (χ2v) is 9.16. The van der Waals surface area contributed by atoms with Crippen molar-refractivity contribution in [3.63, 3.8) is 0 Å². The highest BCUT2D eigenvalue weighted by molar-refractivity contribution is 7.91. The summed E-state index contributed by atoms with van der Waals surface area (Å²) in [5.41, 5.74) is 0.895. The fourth-order valence-corrected chi connectivity index (χ4v) is 5.10. The predicted octanol–water partition coefficient (Wildman–Crippen LogP) is 3.27. The fraction of sp³-hybridized carbons (Fsp3) is 0.400. The number of hydrogen-bond donors (Lipinski definition) is 1. The van der Waals surface area contributed by atoms with Crippen molar-refractivity contribution in [1.82, 2.24) is 9.71 Å². The van der Waals surface area contributed by atoms with E-state index in [1.807, 2.05) is 12.1 Å². The standard InChI is InChI=1S/C15H18ClN3O2S2/c16-13-4-5-15(22-13)23(20,21)18-11-12-6-7-17-14(10-12)19-8-2-1-3-9-19/h4-7,10,18H,1-3,8-9,11H2. The number of hydrogen-bond acceptors (Lipinski definition) is 5. The molecule has 0 radical (unpaired) electrons. The third-order valence-electron chi connectivity index (χ3n) is 3.77. The Bertz CT molecular complexity index is 771. The molecular weight excluding hydrogens is 354 g/mol. The monoisotopic (exact) mass is 371 g/mol. The largest absolute Gasteiger partial charge is 0.357 e. The average Bonchev–Trinajstić information content (AvgIpc) is 3.02. The zero-order chi connectivity index (χ0) is 16.3. The number of piperidine rings is 1. The first-order valence-corrected chi connectivity index (χ1v) is 10.2. The predicted molar refractivity (Wildman–Crippen MR) is 93.7 cm³/mol. The van der Waals surface area contributed by atoms with Gasteiger partial charge in [-0.25, -0.2) is 18.1 Å². The van der Waals surface area contributed by atoms with Gasteiger partial charge >= 0.3 is 0 Å². The molecule has 0 saturated carbocycles. The molecule has 0 unspecified atom stereocenters. The minimum atomic E-state index is -3.53. The number of pyridine rings is 1. The van der Waals surface area contributed by atoms with E-state index in [2.05, 4.69) is 14.6 Å². The van der Waals surface area contributed by atoms with Gasteiger partial charge in [-0.15, -0.1) is 11.3 Å². The number of aromatic nitrogens is 1. The van der Waals surface area contributed by atoms with Crippen molar-refractivity contribution >= 4 is 38.8 Å². The Morgan fingerprint density at radius 3 is 2.70 bits per heavy atom. The van der Waals surface area contributed by atoms with Crippen molar-refractivity contribution in [2.75, 3.05) is 18.0 Å². The van der Waals surface area contributed by atoms with E-state index in [1.54, 1.807) is 12.3 Å². The Morgan fingerprint density at radius 1 is 1.22 bits per heavy atom. The maximum Gasteiger partial charge on any atom is 0.250 e. The van der Waals surface area contributed by atoms with Crippen LogP contribution in [-0.2, 0) is 16.6 Å². The van der Waals surface area contributed by atoms with Gasteiger partial charge in [0.15, 0.2) is 0 Å². The van der Waals surface area contributed by atoms with Crippen LogP contribution in [-0.4, -0.2) is 26.5 Å². The summed E-state index contributed by atoms with van der Waals surface area (Å²) in [7, 11) is -3.53. The van der Waals surface area contributed by atoms with E-state index in [4.69, 9.17) is 11.6 Å². The third kappa shape index (κ3) is 4.23. The number of halogens is 1. The first kappa shape index (κ1) is 16.7. The lowest BCUT2D eigenvalue weighted by molar-refractivity contribution is 0.573. The van der Waals surface area contributed by atoms with Gasteiger partial charge in [-0.05, 0) is 49.1 Å². The van der Waals surface area contributed by atoms with Gasteiger partial charge in [-0.2, -0.15) is 0 Å². The molecule has 2 aromatic rings. The van der Waals surface area contributed by atoms with Crippen LogP contribution in [0.1, 0.15) is 24.8 Å². The molecule has 0 aliphatic carbocycles. The molecule has 1 aliphatic heterocycles. The van der Waals surface area contributed by atoms with E-state index in [9.17, 15) is 8.42 Å². The number of sulfonamides is 1. The normalized spacial score (nSPS) is 15.8. The number of thiophene rings is 1. The van der Waals surface area contributed by atoms with E-state index in [0.717, 1.165) is 35.8 Å². The Kier molecular flexibility index (Phi) is 5.21. The van der Waals surface area contributed by atoms with Crippen LogP contribution in [0, 0.1) is 0 Å². The van der Waals surface area contributed by atoms with Crippen molar-refractivity contribution in [2.45, 2.75) is 30.0 Å². The molecule has 5 nitrogen and oxygen atoms in total. The van der Waals surface area contributed by atoms with Crippen LogP contribution in [0.25, 0.3) is 0 Å².